The van der Waals surface area contributed by atoms with Gasteiger partial charge in [0.1, 0.15) is 13.2 Å². The van der Waals surface area contributed by atoms with Crippen molar-refractivity contribution in [2.45, 2.75) is 232 Å². The zero-order valence-electron chi connectivity index (χ0n) is 38.5. The molecular weight excluding hydrogens is 733 g/mol. The first-order valence-corrected chi connectivity index (χ1v) is 24.4. The Morgan fingerprint density at radius 2 is 0.678 bits per heavy atom. The monoisotopic (exact) mass is 823 g/mol. The van der Waals surface area contributed by atoms with Crippen LogP contribution >= 0.6 is 0 Å². The number of hydrogen-bond acceptors (Lipinski definition) is 6. The highest BCUT2D eigenvalue weighted by molar-refractivity contribution is 5.71. The Labute approximate surface area is 363 Å². The number of carbonyl (C=O) groups is 3. The average molecular weight is 823 g/mol. The lowest BCUT2D eigenvalue weighted by Crippen LogP contribution is -2.30. The van der Waals surface area contributed by atoms with Crippen LogP contribution in [0.1, 0.15) is 226 Å². The molecule has 0 N–H and O–H groups in total. The van der Waals surface area contributed by atoms with Crippen molar-refractivity contribution in [3.05, 3.63) is 72.9 Å². The standard InChI is InChI=1S/C53H90O6/c1-4-7-10-13-16-19-22-24-25-26-27-29-31-34-37-40-43-46-52(55)58-49-50(48-57-51(54)45-42-39-36-33-30-21-18-15-12-9-6-3)59-53(56)47-44-41-38-35-32-28-23-20-17-14-11-8-5-2/h7,10,16,19-20,23-25,27,29,34,37,50H,4-6,8-9,11-15,17-18,21-22,26,28,30-33,35-36,38-49H2,1-3H3/b10-7-,19-16-,23-20-,25-24-,29-27-,37-34-. The number of hydrogen-bond donors (Lipinski definition) is 0. The van der Waals surface area contributed by atoms with E-state index in [1.165, 1.54) is 89.9 Å². The molecule has 59 heavy (non-hydrogen) atoms. The third kappa shape index (κ3) is 45.8. The predicted octanol–water partition coefficient (Wildman–Crippen LogP) is 15.9. The molecule has 0 aromatic heterocycles. The molecule has 0 aromatic carbocycles. The first-order chi connectivity index (χ1) is 29.0. The van der Waals surface area contributed by atoms with E-state index in [1.807, 2.05) is 0 Å². The van der Waals surface area contributed by atoms with Crippen LogP contribution in [-0.4, -0.2) is 37.2 Å². The van der Waals surface area contributed by atoms with E-state index in [9.17, 15) is 14.4 Å². The minimum Gasteiger partial charge on any atom is -0.462 e. The van der Waals surface area contributed by atoms with Gasteiger partial charge in [-0.3, -0.25) is 14.4 Å². The first-order valence-electron chi connectivity index (χ1n) is 24.4. The second-order valence-corrected chi connectivity index (χ2v) is 16.0. The number of esters is 3. The van der Waals surface area contributed by atoms with Gasteiger partial charge in [-0.15, -0.1) is 0 Å². The van der Waals surface area contributed by atoms with Crippen LogP contribution in [0.5, 0.6) is 0 Å². The molecule has 0 saturated carbocycles. The molecule has 0 aliphatic carbocycles. The highest BCUT2D eigenvalue weighted by atomic mass is 16.6. The van der Waals surface area contributed by atoms with Gasteiger partial charge in [0.2, 0.25) is 0 Å². The quantitative estimate of drug-likeness (QED) is 0.0264. The lowest BCUT2D eigenvalue weighted by Gasteiger charge is -2.18. The smallest absolute Gasteiger partial charge is 0.306 e. The number of carbonyl (C=O) groups excluding carboxylic acids is 3. The summed E-state index contributed by atoms with van der Waals surface area (Å²) in [6, 6.07) is 0. The summed E-state index contributed by atoms with van der Waals surface area (Å²) in [6.07, 6.45) is 58.9. The fraction of sp³-hybridized carbons (Fsp3) is 0.717. The largest absolute Gasteiger partial charge is 0.462 e. The zero-order valence-corrected chi connectivity index (χ0v) is 38.5. The summed E-state index contributed by atoms with van der Waals surface area (Å²) >= 11 is 0. The number of unbranched alkanes of at least 4 members (excludes halogenated alkanes) is 20. The maximum absolute atomic E-state index is 12.7. The lowest BCUT2D eigenvalue weighted by atomic mass is 10.1. The molecule has 338 valence electrons. The van der Waals surface area contributed by atoms with Crippen LogP contribution in [0.2, 0.25) is 0 Å². The molecule has 0 heterocycles. The van der Waals surface area contributed by atoms with E-state index in [2.05, 4.69) is 93.7 Å². The Balaban J connectivity index is 4.47. The fourth-order valence-corrected chi connectivity index (χ4v) is 6.53. The summed E-state index contributed by atoms with van der Waals surface area (Å²) < 4.78 is 16.7. The molecular formula is C53H90O6. The van der Waals surface area contributed by atoms with Gasteiger partial charge in [-0.2, -0.15) is 0 Å². The number of rotatable bonds is 43. The second-order valence-electron chi connectivity index (χ2n) is 16.0. The molecule has 0 bridgehead atoms. The maximum atomic E-state index is 12.7. The van der Waals surface area contributed by atoms with E-state index in [0.717, 1.165) is 89.9 Å². The summed E-state index contributed by atoms with van der Waals surface area (Å²) in [5.74, 6) is -0.967. The normalized spacial score (nSPS) is 12.7. The average Bonchev–Trinajstić information content (AvgIpc) is 3.23. The van der Waals surface area contributed by atoms with E-state index >= 15 is 0 Å². The van der Waals surface area contributed by atoms with Crippen LogP contribution in [0.25, 0.3) is 0 Å². The second kappa shape index (κ2) is 47.5. The van der Waals surface area contributed by atoms with Gasteiger partial charge >= 0.3 is 17.9 Å². The van der Waals surface area contributed by atoms with Crippen LogP contribution in [0, 0.1) is 0 Å². The lowest BCUT2D eigenvalue weighted by molar-refractivity contribution is -0.167. The van der Waals surface area contributed by atoms with Crippen molar-refractivity contribution in [1.82, 2.24) is 0 Å². The molecule has 1 atom stereocenters. The molecule has 0 amide bonds. The van der Waals surface area contributed by atoms with E-state index in [4.69, 9.17) is 14.2 Å². The molecule has 0 aliphatic heterocycles. The molecule has 0 aliphatic rings. The summed E-state index contributed by atoms with van der Waals surface area (Å²) in [6.45, 7) is 6.44. The van der Waals surface area contributed by atoms with Crippen LogP contribution in [-0.2, 0) is 28.6 Å². The van der Waals surface area contributed by atoms with Gasteiger partial charge in [0.25, 0.3) is 0 Å². The van der Waals surface area contributed by atoms with Crippen molar-refractivity contribution in [3.8, 4) is 0 Å². The Bertz CT molecular complexity index is 1130. The summed E-state index contributed by atoms with van der Waals surface area (Å²) in [5, 5.41) is 0. The summed E-state index contributed by atoms with van der Waals surface area (Å²) in [4.78, 5) is 37.8. The van der Waals surface area contributed by atoms with E-state index in [0.29, 0.717) is 19.3 Å². The highest BCUT2D eigenvalue weighted by Crippen LogP contribution is 2.14. The summed E-state index contributed by atoms with van der Waals surface area (Å²) in [7, 11) is 0. The zero-order chi connectivity index (χ0) is 43.0. The van der Waals surface area contributed by atoms with E-state index < -0.39 is 6.10 Å². The third-order valence-electron chi connectivity index (χ3n) is 10.2. The van der Waals surface area contributed by atoms with E-state index in [-0.39, 0.29) is 37.5 Å². The highest BCUT2D eigenvalue weighted by Gasteiger charge is 2.19. The fourth-order valence-electron chi connectivity index (χ4n) is 6.53. The van der Waals surface area contributed by atoms with Crippen molar-refractivity contribution in [2.75, 3.05) is 13.2 Å². The number of ether oxygens (including phenoxy) is 3. The van der Waals surface area contributed by atoms with Crippen LogP contribution in [0.15, 0.2) is 72.9 Å². The van der Waals surface area contributed by atoms with Crippen LogP contribution < -0.4 is 0 Å². The first kappa shape index (κ1) is 55.9. The molecule has 0 rings (SSSR count). The molecule has 1 unspecified atom stereocenters. The van der Waals surface area contributed by atoms with Gasteiger partial charge in [-0.25, -0.2) is 0 Å². The van der Waals surface area contributed by atoms with Gasteiger partial charge < -0.3 is 14.2 Å². The molecule has 6 nitrogen and oxygen atoms in total. The predicted molar refractivity (Wildman–Crippen MR) is 251 cm³/mol. The van der Waals surface area contributed by atoms with Crippen molar-refractivity contribution >= 4 is 17.9 Å². The molecule has 0 spiro atoms. The SMILES string of the molecule is CC/C=C\C/C=C\C/C=C\C/C=C\C/C=C\CCCC(=O)OCC(COC(=O)CCCCCCCCCCCCC)OC(=O)CCCCCCC/C=C\CCCCCC. The Morgan fingerprint density at radius 3 is 1.14 bits per heavy atom. The Hall–Kier alpha value is -3.15. The minimum atomic E-state index is -0.799. The van der Waals surface area contributed by atoms with Gasteiger partial charge in [-0.1, -0.05) is 196 Å². The van der Waals surface area contributed by atoms with Crippen LogP contribution in [0.4, 0.5) is 0 Å². The van der Waals surface area contributed by atoms with Gasteiger partial charge in [0.05, 0.1) is 0 Å². The maximum Gasteiger partial charge on any atom is 0.306 e. The van der Waals surface area contributed by atoms with Crippen molar-refractivity contribution in [3.63, 3.8) is 0 Å². The minimum absolute atomic E-state index is 0.0952. The van der Waals surface area contributed by atoms with Crippen molar-refractivity contribution < 1.29 is 28.6 Å². The topological polar surface area (TPSA) is 78.9 Å². The van der Waals surface area contributed by atoms with E-state index in [1.54, 1.807) is 0 Å². The molecule has 0 radical (unpaired) electrons. The van der Waals surface area contributed by atoms with Crippen molar-refractivity contribution in [2.24, 2.45) is 0 Å². The Kier molecular flexibility index (Phi) is 45.0. The number of allylic oxidation sites excluding steroid dienone is 12. The summed E-state index contributed by atoms with van der Waals surface area (Å²) in [5.41, 5.74) is 0. The molecule has 0 saturated heterocycles. The van der Waals surface area contributed by atoms with Crippen LogP contribution in [0.3, 0.4) is 0 Å². The molecule has 0 aromatic rings. The van der Waals surface area contributed by atoms with Gasteiger partial charge in [0.15, 0.2) is 6.10 Å². The molecule has 6 heteroatoms. The Morgan fingerprint density at radius 1 is 0.356 bits per heavy atom. The van der Waals surface area contributed by atoms with Crippen molar-refractivity contribution in [1.29, 1.82) is 0 Å². The van der Waals surface area contributed by atoms with Gasteiger partial charge in [-0.05, 0) is 83.5 Å². The third-order valence-corrected chi connectivity index (χ3v) is 10.2. The molecule has 0 fully saturated rings. The van der Waals surface area contributed by atoms with Gasteiger partial charge in [0, 0.05) is 19.3 Å².